The second-order valence-corrected chi connectivity index (χ2v) is 3.77. The van der Waals surface area contributed by atoms with E-state index in [0.29, 0.717) is 4.77 Å². The van der Waals surface area contributed by atoms with Gasteiger partial charge in [-0.3, -0.25) is 9.50 Å². The lowest BCUT2D eigenvalue weighted by Crippen LogP contribution is -1.94. The summed E-state index contributed by atoms with van der Waals surface area (Å²) in [4.78, 5) is 4.36. The number of imidazole rings is 1. The number of nitrogens with zero attached hydrogens (tertiary/aromatic N) is 3. The van der Waals surface area contributed by atoms with Crippen molar-refractivity contribution in [2.24, 2.45) is 0 Å². The standard InChI is InChI=1S/C11H8N4S/c16-11-14-13-7-9-6-12-10(15(9)11)8-4-2-1-3-5-8/h1-7H,(H,14,16). The molecule has 0 aliphatic carbocycles. The SMILES string of the molecule is S=c1[nH]ncc2cnc(-c3ccccc3)n12. The van der Waals surface area contributed by atoms with Crippen molar-refractivity contribution in [3.8, 4) is 11.4 Å². The molecule has 0 radical (unpaired) electrons. The van der Waals surface area contributed by atoms with Gasteiger partial charge in [0.25, 0.3) is 0 Å². The van der Waals surface area contributed by atoms with Crippen LogP contribution in [-0.2, 0) is 0 Å². The number of hydrogen-bond donors (Lipinski definition) is 1. The predicted molar refractivity (Wildman–Crippen MR) is 63.6 cm³/mol. The zero-order valence-corrected chi connectivity index (χ0v) is 9.11. The number of aromatic nitrogens is 4. The van der Waals surface area contributed by atoms with Crippen molar-refractivity contribution in [3.63, 3.8) is 0 Å². The highest BCUT2D eigenvalue weighted by atomic mass is 32.1. The van der Waals surface area contributed by atoms with Gasteiger partial charge in [0, 0.05) is 5.56 Å². The minimum Gasteiger partial charge on any atom is -0.266 e. The monoisotopic (exact) mass is 228 g/mol. The molecule has 5 heteroatoms. The maximum atomic E-state index is 5.20. The lowest BCUT2D eigenvalue weighted by molar-refractivity contribution is 0.927. The molecule has 0 amide bonds. The van der Waals surface area contributed by atoms with Gasteiger partial charge in [-0.25, -0.2) is 4.98 Å². The molecule has 16 heavy (non-hydrogen) atoms. The van der Waals surface area contributed by atoms with E-state index in [4.69, 9.17) is 12.2 Å². The maximum absolute atomic E-state index is 5.20. The van der Waals surface area contributed by atoms with Crippen LogP contribution in [0.2, 0.25) is 0 Å². The fraction of sp³-hybridized carbons (Fsp3) is 0. The van der Waals surface area contributed by atoms with Crippen LogP contribution >= 0.6 is 12.2 Å². The van der Waals surface area contributed by atoms with Gasteiger partial charge in [-0.1, -0.05) is 30.3 Å². The zero-order chi connectivity index (χ0) is 11.0. The third kappa shape index (κ3) is 1.33. The molecule has 0 fully saturated rings. The molecule has 0 atom stereocenters. The molecule has 1 aromatic carbocycles. The van der Waals surface area contributed by atoms with Crippen LogP contribution in [0.1, 0.15) is 0 Å². The molecule has 2 aromatic heterocycles. The topological polar surface area (TPSA) is 46.0 Å². The highest BCUT2D eigenvalue weighted by Gasteiger charge is 2.06. The van der Waals surface area contributed by atoms with Gasteiger partial charge in [0.1, 0.15) is 5.82 Å². The van der Waals surface area contributed by atoms with Crippen LogP contribution in [0.25, 0.3) is 16.9 Å². The molecule has 0 aliphatic heterocycles. The van der Waals surface area contributed by atoms with Gasteiger partial charge in [0.15, 0.2) is 4.77 Å². The summed E-state index contributed by atoms with van der Waals surface area (Å²) in [7, 11) is 0. The Morgan fingerprint density at radius 2 is 1.94 bits per heavy atom. The Labute approximate surface area is 96.6 Å². The van der Waals surface area contributed by atoms with Crippen LogP contribution in [0.4, 0.5) is 0 Å². The summed E-state index contributed by atoms with van der Waals surface area (Å²) in [6.07, 6.45) is 3.47. The van der Waals surface area contributed by atoms with E-state index >= 15 is 0 Å². The molecule has 78 valence electrons. The summed E-state index contributed by atoms with van der Waals surface area (Å²) in [5.41, 5.74) is 1.93. The molecule has 0 bridgehead atoms. The van der Waals surface area contributed by atoms with Gasteiger partial charge < -0.3 is 0 Å². The zero-order valence-electron chi connectivity index (χ0n) is 8.29. The average molecular weight is 228 g/mol. The smallest absolute Gasteiger partial charge is 0.200 e. The van der Waals surface area contributed by atoms with E-state index in [9.17, 15) is 0 Å². The Morgan fingerprint density at radius 1 is 1.12 bits per heavy atom. The summed E-state index contributed by atoms with van der Waals surface area (Å²) in [6.45, 7) is 0. The molecule has 1 N–H and O–H groups in total. The third-order valence-electron chi connectivity index (χ3n) is 2.38. The van der Waals surface area contributed by atoms with Crippen molar-refractivity contribution in [2.75, 3.05) is 0 Å². The van der Waals surface area contributed by atoms with Crippen LogP contribution in [0, 0.1) is 4.77 Å². The van der Waals surface area contributed by atoms with E-state index in [-0.39, 0.29) is 0 Å². The fourth-order valence-electron chi connectivity index (χ4n) is 1.66. The van der Waals surface area contributed by atoms with Gasteiger partial charge in [-0.05, 0) is 12.2 Å². The first kappa shape index (κ1) is 9.23. The molecule has 4 nitrogen and oxygen atoms in total. The van der Waals surface area contributed by atoms with Gasteiger partial charge in [-0.15, -0.1) is 0 Å². The molecule has 0 unspecified atom stereocenters. The maximum Gasteiger partial charge on any atom is 0.200 e. The van der Waals surface area contributed by atoms with Crippen molar-refractivity contribution < 1.29 is 0 Å². The van der Waals surface area contributed by atoms with Crippen molar-refractivity contribution in [2.45, 2.75) is 0 Å². The second kappa shape index (κ2) is 3.53. The number of benzene rings is 1. The summed E-state index contributed by atoms with van der Waals surface area (Å²) in [5.74, 6) is 0.833. The van der Waals surface area contributed by atoms with Gasteiger partial charge >= 0.3 is 0 Å². The largest absolute Gasteiger partial charge is 0.266 e. The van der Waals surface area contributed by atoms with E-state index in [1.807, 2.05) is 34.7 Å². The average Bonchev–Trinajstić information content (AvgIpc) is 2.75. The van der Waals surface area contributed by atoms with Crippen LogP contribution in [0.3, 0.4) is 0 Å². The number of fused-ring (bicyclic) bond motifs is 1. The highest BCUT2D eigenvalue weighted by Crippen LogP contribution is 2.18. The van der Waals surface area contributed by atoms with Crippen molar-refractivity contribution >= 4 is 17.7 Å². The van der Waals surface area contributed by atoms with Crippen LogP contribution in [0.15, 0.2) is 42.7 Å². The summed E-state index contributed by atoms with van der Waals surface area (Å²) in [6, 6.07) is 9.93. The van der Waals surface area contributed by atoms with Crippen molar-refractivity contribution in [3.05, 3.63) is 47.5 Å². The number of H-pyrrole nitrogens is 1. The lowest BCUT2D eigenvalue weighted by Gasteiger charge is -2.00. The quantitative estimate of drug-likeness (QED) is 0.651. The first-order valence-corrected chi connectivity index (χ1v) is 5.23. The molecule has 0 saturated carbocycles. The minimum atomic E-state index is 0.550. The summed E-state index contributed by atoms with van der Waals surface area (Å²) in [5, 5.41) is 6.69. The fourth-order valence-corrected chi connectivity index (χ4v) is 1.91. The molecule has 0 aliphatic rings. The second-order valence-electron chi connectivity index (χ2n) is 3.38. The van der Waals surface area contributed by atoms with Crippen molar-refractivity contribution in [1.29, 1.82) is 0 Å². The lowest BCUT2D eigenvalue weighted by atomic mass is 10.2. The Balaban J connectivity index is 2.38. The van der Waals surface area contributed by atoms with Crippen LogP contribution in [-0.4, -0.2) is 19.6 Å². The number of aromatic amines is 1. The Hall–Kier alpha value is -2.01. The molecule has 3 aromatic rings. The predicted octanol–water partition coefficient (Wildman–Crippen LogP) is 2.45. The molecular weight excluding hydrogens is 220 g/mol. The first-order chi connectivity index (χ1) is 7.86. The van der Waals surface area contributed by atoms with Crippen molar-refractivity contribution in [1.82, 2.24) is 19.6 Å². The molecule has 0 spiro atoms. The van der Waals surface area contributed by atoms with Gasteiger partial charge in [0.05, 0.1) is 17.9 Å². The normalized spacial score (nSPS) is 10.8. The summed E-state index contributed by atoms with van der Waals surface area (Å²) < 4.78 is 2.42. The van der Waals surface area contributed by atoms with E-state index in [0.717, 1.165) is 16.9 Å². The summed E-state index contributed by atoms with van der Waals surface area (Å²) >= 11 is 5.20. The van der Waals surface area contributed by atoms with Crippen LogP contribution in [0.5, 0.6) is 0 Å². The molecule has 0 saturated heterocycles. The highest BCUT2D eigenvalue weighted by molar-refractivity contribution is 7.71. The first-order valence-electron chi connectivity index (χ1n) is 4.83. The van der Waals surface area contributed by atoms with E-state index in [2.05, 4.69) is 15.2 Å². The Kier molecular flexibility index (Phi) is 2.04. The number of nitrogens with one attached hydrogen (secondary N) is 1. The molecular formula is C11H8N4S. The molecule has 2 heterocycles. The van der Waals surface area contributed by atoms with E-state index < -0.39 is 0 Å². The van der Waals surface area contributed by atoms with E-state index in [1.54, 1.807) is 12.4 Å². The molecule has 3 rings (SSSR count). The van der Waals surface area contributed by atoms with Gasteiger partial charge in [-0.2, -0.15) is 5.10 Å². The number of hydrogen-bond acceptors (Lipinski definition) is 3. The van der Waals surface area contributed by atoms with E-state index in [1.165, 1.54) is 0 Å². The van der Waals surface area contributed by atoms with Crippen LogP contribution < -0.4 is 0 Å². The van der Waals surface area contributed by atoms with Gasteiger partial charge in [0.2, 0.25) is 0 Å². The number of rotatable bonds is 1. The minimum absolute atomic E-state index is 0.550. The third-order valence-corrected chi connectivity index (χ3v) is 2.66. The Morgan fingerprint density at radius 3 is 2.75 bits per heavy atom. The Bertz CT molecular complexity index is 684.